The van der Waals surface area contributed by atoms with Gasteiger partial charge in [-0.05, 0) is 0 Å². The van der Waals surface area contributed by atoms with Crippen LogP contribution in [0, 0.1) is 0 Å². The van der Waals surface area contributed by atoms with Crippen LogP contribution in [0.5, 0.6) is 0 Å². The molecule has 46 valence electrons. The molecule has 2 N–H and O–H groups in total. The Labute approximate surface area is 47.3 Å². The average Bonchev–Trinajstić information content (AvgIpc) is 1.65. The second-order valence-electron chi connectivity index (χ2n) is 1.16. The second kappa shape index (κ2) is 3.01. The number of carbonyl (C=O) groups excluding carboxylic acids is 1. The molecular formula is C4H8N2O2. The fourth-order valence-corrected chi connectivity index (χ4v) is 0.191. The number of carbonyl (C=O) groups is 1. The average molecular weight is 116 g/mol. The van der Waals surface area contributed by atoms with Crippen molar-refractivity contribution in [3.8, 4) is 0 Å². The zero-order valence-corrected chi connectivity index (χ0v) is 4.84. The molecule has 0 heterocycles. The minimum absolute atomic E-state index is 0.275. The fourth-order valence-electron chi connectivity index (χ4n) is 0.191. The lowest BCUT2D eigenvalue weighted by molar-refractivity contribution is 0.207. The number of aliphatic imine (C=N–C) groups is 1. The van der Waals surface area contributed by atoms with E-state index in [0.29, 0.717) is 0 Å². The lowest BCUT2D eigenvalue weighted by Crippen LogP contribution is -2.16. The monoisotopic (exact) mass is 116 g/mol. The number of amides is 1. The molecule has 0 aliphatic heterocycles. The van der Waals surface area contributed by atoms with E-state index in [-0.39, 0.29) is 5.90 Å². The summed E-state index contributed by atoms with van der Waals surface area (Å²) in [6.45, 7) is 1.55. The summed E-state index contributed by atoms with van der Waals surface area (Å²) in [6, 6.07) is 0. The van der Waals surface area contributed by atoms with Gasteiger partial charge in [0.2, 0.25) is 0 Å². The molecule has 0 atom stereocenters. The highest BCUT2D eigenvalue weighted by Gasteiger charge is 1.92. The molecule has 0 spiro atoms. The molecule has 0 aromatic carbocycles. The highest BCUT2D eigenvalue weighted by molar-refractivity contribution is 5.85. The van der Waals surface area contributed by atoms with Crippen LogP contribution < -0.4 is 5.73 Å². The maximum Gasteiger partial charge on any atom is 0.411 e. The van der Waals surface area contributed by atoms with Gasteiger partial charge in [-0.1, -0.05) is 0 Å². The quantitative estimate of drug-likeness (QED) is 0.361. The summed E-state index contributed by atoms with van der Waals surface area (Å²) in [7, 11) is 1.51. The van der Waals surface area contributed by atoms with E-state index >= 15 is 0 Å². The fraction of sp³-hybridized carbons (Fsp3) is 0.500. The molecule has 0 radical (unpaired) electrons. The van der Waals surface area contributed by atoms with Gasteiger partial charge in [0.05, 0.1) is 0 Å². The van der Waals surface area contributed by atoms with E-state index in [9.17, 15) is 4.79 Å². The number of nitrogens with zero attached hydrogens (tertiary/aromatic N) is 1. The van der Waals surface area contributed by atoms with Crippen molar-refractivity contribution in [3.05, 3.63) is 0 Å². The van der Waals surface area contributed by atoms with Crippen LogP contribution in [0.3, 0.4) is 0 Å². The summed E-state index contributed by atoms with van der Waals surface area (Å²) < 4.78 is 4.29. The van der Waals surface area contributed by atoms with Crippen molar-refractivity contribution in [1.29, 1.82) is 0 Å². The summed E-state index contributed by atoms with van der Waals surface area (Å²) in [4.78, 5) is 13.4. The Balaban J connectivity index is 3.56. The molecule has 4 nitrogen and oxygen atoms in total. The molecule has 0 fully saturated rings. The Kier molecular flexibility index (Phi) is 2.61. The van der Waals surface area contributed by atoms with Crippen LogP contribution in [0.2, 0.25) is 0 Å². The van der Waals surface area contributed by atoms with E-state index in [4.69, 9.17) is 0 Å². The molecule has 0 bridgehead atoms. The Morgan fingerprint density at radius 1 is 1.75 bits per heavy atom. The first-order chi connectivity index (χ1) is 3.66. The van der Waals surface area contributed by atoms with Gasteiger partial charge in [-0.3, -0.25) is 4.99 Å². The third-order valence-corrected chi connectivity index (χ3v) is 0.563. The molecule has 0 rings (SSSR count). The van der Waals surface area contributed by atoms with Crippen LogP contribution >= 0.6 is 0 Å². The lowest BCUT2D eigenvalue weighted by atomic mass is 10.8. The van der Waals surface area contributed by atoms with Gasteiger partial charge in [-0.15, -0.1) is 0 Å². The van der Waals surface area contributed by atoms with Crippen LogP contribution in [0.4, 0.5) is 4.79 Å². The van der Waals surface area contributed by atoms with Crippen molar-refractivity contribution in [2.75, 3.05) is 7.05 Å². The Morgan fingerprint density at radius 2 is 2.25 bits per heavy atom. The van der Waals surface area contributed by atoms with Crippen molar-refractivity contribution < 1.29 is 9.53 Å². The molecule has 4 heteroatoms. The Bertz CT molecular complexity index is 119. The topological polar surface area (TPSA) is 64.7 Å². The Morgan fingerprint density at radius 3 is 2.38 bits per heavy atom. The largest absolute Gasteiger partial charge is 0.411 e. The smallest absolute Gasteiger partial charge is 0.396 e. The molecule has 0 unspecified atom stereocenters. The van der Waals surface area contributed by atoms with Gasteiger partial charge >= 0.3 is 6.09 Å². The van der Waals surface area contributed by atoms with Crippen LogP contribution in [-0.2, 0) is 4.74 Å². The van der Waals surface area contributed by atoms with E-state index in [1.54, 1.807) is 6.92 Å². The highest BCUT2D eigenvalue weighted by Crippen LogP contribution is 1.76. The zero-order valence-electron chi connectivity index (χ0n) is 4.84. The molecule has 0 aliphatic rings. The summed E-state index contributed by atoms with van der Waals surface area (Å²) in [5, 5.41) is 0. The lowest BCUT2D eigenvalue weighted by Gasteiger charge is -1.94. The number of nitrogens with two attached hydrogens (primary N) is 1. The highest BCUT2D eigenvalue weighted by atomic mass is 16.6. The number of rotatable bonds is 0. The van der Waals surface area contributed by atoms with Gasteiger partial charge in [-0.25, -0.2) is 4.79 Å². The molecule has 0 aromatic rings. The predicted octanol–water partition coefficient (Wildman–Crippen LogP) is 0.130. The Hall–Kier alpha value is -1.06. The number of hydrogen-bond acceptors (Lipinski definition) is 3. The zero-order chi connectivity index (χ0) is 6.57. The molecular weight excluding hydrogens is 108 g/mol. The first-order valence-corrected chi connectivity index (χ1v) is 2.07. The van der Waals surface area contributed by atoms with E-state index in [1.807, 2.05) is 0 Å². The molecule has 1 amide bonds. The van der Waals surface area contributed by atoms with Crippen LogP contribution in [0.1, 0.15) is 6.92 Å². The van der Waals surface area contributed by atoms with Crippen molar-refractivity contribution in [2.24, 2.45) is 10.7 Å². The molecule has 0 aromatic heterocycles. The van der Waals surface area contributed by atoms with Crippen LogP contribution in [0.15, 0.2) is 4.99 Å². The maximum absolute atomic E-state index is 9.89. The van der Waals surface area contributed by atoms with Crippen molar-refractivity contribution in [1.82, 2.24) is 0 Å². The van der Waals surface area contributed by atoms with Crippen molar-refractivity contribution >= 4 is 12.0 Å². The van der Waals surface area contributed by atoms with Gasteiger partial charge in [0, 0.05) is 14.0 Å². The summed E-state index contributed by atoms with van der Waals surface area (Å²) >= 11 is 0. The number of hydrogen-bond donors (Lipinski definition) is 1. The van der Waals surface area contributed by atoms with E-state index in [0.717, 1.165) is 0 Å². The van der Waals surface area contributed by atoms with Gasteiger partial charge < -0.3 is 10.5 Å². The summed E-state index contributed by atoms with van der Waals surface area (Å²) in [6.07, 6.45) is -0.826. The first kappa shape index (κ1) is 6.94. The van der Waals surface area contributed by atoms with Crippen molar-refractivity contribution in [2.45, 2.75) is 6.92 Å². The van der Waals surface area contributed by atoms with E-state index in [2.05, 4.69) is 15.5 Å². The normalized spacial score (nSPS) is 11.0. The minimum Gasteiger partial charge on any atom is -0.396 e. The third-order valence-electron chi connectivity index (χ3n) is 0.563. The van der Waals surface area contributed by atoms with Crippen molar-refractivity contribution in [3.63, 3.8) is 0 Å². The SMILES string of the molecule is CN=C(C)OC(N)=O. The van der Waals surface area contributed by atoms with E-state index < -0.39 is 6.09 Å². The molecule has 0 saturated carbocycles. The maximum atomic E-state index is 9.89. The summed E-state index contributed by atoms with van der Waals surface area (Å²) in [5.74, 6) is 0.275. The van der Waals surface area contributed by atoms with Crippen LogP contribution in [0.25, 0.3) is 0 Å². The molecule has 8 heavy (non-hydrogen) atoms. The second-order valence-corrected chi connectivity index (χ2v) is 1.16. The van der Waals surface area contributed by atoms with Gasteiger partial charge in [0.15, 0.2) is 5.90 Å². The first-order valence-electron chi connectivity index (χ1n) is 2.07. The van der Waals surface area contributed by atoms with Gasteiger partial charge in [0.1, 0.15) is 0 Å². The summed E-state index contributed by atoms with van der Waals surface area (Å²) in [5.41, 5.74) is 4.63. The van der Waals surface area contributed by atoms with E-state index in [1.165, 1.54) is 7.05 Å². The predicted molar refractivity (Wildman–Crippen MR) is 29.7 cm³/mol. The molecule has 0 aliphatic carbocycles. The van der Waals surface area contributed by atoms with Gasteiger partial charge in [0.25, 0.3) is 0 Å². The number of primary amides is 1. The van der Waals surface area contributed by atoms with Crippen LogP contribution in [-0.4, -0.2) is 19.0 Å². The number of ether oxygens (including phenoxy) is 1. The van der Waals surface area contributed by atoms with Gasteiger partial charge in [-0.2, -0.15) is 0 Å². The minimum atomic E-state index is -0.826. The standard InChI is InChI=1S/C4H8N2O2/c1-3(6-2)8-4(5)7/h1-2H3,(H2,5,7). The third kappa shape index (κ3) is 3.14. The molecule has 0 saturated heterocycles.